The summed E-state index contributed by atoms with van der Waals surface area (Å²) in [5.74, 6) is 2.49. The fourth-order valence-corrected chi connectivity index (χ4v) is 4.91. The number of carbonyl (C=O) groups excluding carboxylic acids is 1. The number of rotatable bonds is 6. The van der Waals surface area contributed by atoms with Crippen LogP contribution in [0, 0.1) is 0 Å². The van der Waals surface area contributed by atoms with Crippen LogP contribution in [0.1, 0.15) is 33.8 Å². The SMILES string of the molecule is CCNCCNC(=O)c1ccc(C2SCCCS2)cc1. The first kappa shape index (κ1) is 15.7. The van der Waals surface area contributed by atoms with Crippen LogP contribution in [0.2, 0.25) is 0 Å². The number of carbonyl (C=O) groups is 1. The highest BCUT2D eigenvalue weighted by Gasteiger charge is 2.16. The highest BCUT2D eigenvalue weighted by atomic mass is 32.2. The van der Waals surface area contributed by atoms with Gasteiger partial charge in [-0.3, -0.25) is 4.79 Å². The van der Waals surface area contributed by atoms with Gasteiger partial charge in [0.25, 0.3) is 5.91 Å². The zero-order valence-electron chi connectivity index (χ0n) is 11.9. The van der Waals surface area contributed by atoms with E-state index in [-0.39, 0.29) is 5.91 Å². The maximum absolute atomic E-state index is 11.9. The molecule has 1 heterocycles. The Labute approximate surface area is 129 Å². The molecule has 0 saturated carbocycles. The zero-order chi connectivity index (χ0) is 14.2. The van der Waals surface area contributed by atoms with E-state index in [1.165, 1.54) is 23.5 Å². The standard InChI is InChI=1S/C15H22N2OS2/c1-2-16-8-9-17-14(18)12-4-6-13(7-5-12)15-19-10-3-11-20-15/h4-7,15-16H,2-3,8-11H2,1H3,(H,17,18). The second-order valence-corrected chi connectivity index (χ2v) is 7.38. The molecule has 110 valence electrons. The van der Waals surface area contributed by atoms with Crippen molar-refractivity contribution in [2.24, 2.45) is 0 Å². The Bertz CT molecular complexity index is 416. The van der Waals surface area contributed by atoms with Crippen molar-refractivity contribution < 1.29 is 4.79 Å². The molecule has 5 heteroatoms. The Morgan fingerprint density at radius 3 is 2.55 bits per heavy atom. The Balaban J connectivity index is 1.85. The van der Waals surface area contributed by atoms with Crippen molar-refractivity contribution in [3.05, 3.63) is 35.4 Å². The zero-order valence-corrected chi connectivity index (χ0v) is 13.5. The van der Waals surface area contributed by atoms with Gasteiger partial charge in [-0.05, 0) is 42.2 Å². The molecule has 0 atom stereocenters. The molecule has 0 aromatic heterocycles. The smallest absolute Gasteiger partial charge is 0.251 e. The van der Waals surface area contributed by atoms with Gasteiger partial charge in [-0.25, -0.2) is 0 Å². The van der Waals surface area contributed by atoms with E-state index >= 15 is 0 Å². The topological polar surface area (TPSA) is 41.1 Å². The van der Waals surface area contributed by atoms with Crippen LogP contribution in [-0.4, -0.2) is 37.0 Å². The molecular weight excluding hydrogens is 288 g/mol. The lowest BCUT2D eigenvalue weighted by Gasteiger charge is -2.21. The summed E-state index contributed by atoms with van der Waals surface area (Å²) in [4.78, 5) is 11.9. The Hall–Kier alpha value is -0.650. The molecule has 20 heavy (non-hydrogen) atoms. The van der Waals surface area contributed by atoms with Crippen molar-refractivity contribution in [2.75, 3.05) is 31.1 Å². The normalized spacial score (nSPS) is 16.1. The lowest BCUT2D eigenvalue weighted by Crippen LogP contribution is -2.31. The van der Waals surface area contributed by atoms with Gasteiger partial charge in [-0.2, -0.15) is 0 Å². The number of amides is 1. The van der Waals surface area contributed by atoms with Gasteiger partial charge in [0.15, 0.2) is 0 Å². The first-order valence-corrected chi connectivity index (χ1v) is 9.23. The monoisotopic (exact) mass is 310 g/mol. The molecule has 1 saturated heterocycles. The minimum absolute atomic E-state index is 0.0124. The first-order valence-electron chi connectivity index (χ1n) is 7.13. The lowest BCUT2D eigenvalue weighted by molar-refractivity contribution is 0.0954. The number of nitrogens with one attached hydrogen (secondary N) is 2. The van der Waals surface area contributed by atoms with Gasteiger partial charge in [0.2, 0.25) is 0 Å². The molecule has 1 aliphatic rings. The summed E-state index contributed by atoms with van der Waals surface area (Å²) in [5, 5.41) is 6.11. The molecular formula is C15H22N2OS2. The third kappa shape index (κ3) is 4.72. The van der Waals surface area contributed by atoms with Crippen LogP contribution in [0.3, 0.4) is 0 Å². The summed E-state index contributed by atoms with van der Waals surface area (Å²) in [6.07, 6.45) is 1.30. The van der Waals surface area contributed by atoms with E-state index in [4.69, 9.17) is 0 Å². The summed E-state index contributed by atoms with van der Waals surface area (Å²) in [6.45, 7) is 4.47. The number of benzene rings is 1. The van der Waals surface area contributed by atoms with E-state index in [9.17, 15) is 4.79 Å². The lowest BCUT2D eigenvalue weighted by atomic mass is 10.1. The molecule has 0 aliphatic carbocycles. The predicted octanol–water partition coefficient (Wildman–Crippen LogP) is 2.89. The maximum atomic E-state index is 11.9. The first-order chi connectivity index (χ1) is 9.81. The van der Waals surface area contributed by atoms with Crippen LogP contribution in [0.15, 0.2) is 24.3 Å². The molecule has 1 aliphatic heterocycles. The summed E-state index contributed by atoms with van der Waals surface area (Å²) in [7, 11) is 0. The van der Waals surface area contributed by atoms with Gasteiger partial charge in [-0.15, -0.1) is 23.5 Å². The molecule has 0 unspecified atom stereocenters. The van der Waals surface area contributed by atoms with Gasteiger partial charge in [-0.1, -0.05) is 19.1 Å². The number of hydrogen-bond donors (Lipinski definition) is 2. The van der Waals surface area contributed by atoms with Crippen LogP contribution in [0.5, 0.6) is 0 Å². The second kappa shape index (κ2) is 8.60. The molecule has 1 fully saturated rings. The van der Waals surface area contributed by atoms with Crippen molar-refractivity contribution in [3.63, 3.8) is 0 Å². The van der Waals surface area contributed by atoms with E-state index < -0.39 is 0 Å². The molecule has 2 N–H and O–H groups in total. The van der Waals surface area contributed by atoms with Crippen LogP contribution in [0.4, 0.5) is 0 Å². The molecule has 2 rings (SSSR count). The van der Waals surface area contributed by atoms with Gasteiger partial charge in [0, 0.05) is 18.7 Å². The van der Waals surface area contributed by atoms with E-state index in [2.05, 4.69) is 29.7 Å². The largest absolute Gasteiger partial charge is 0.351 e. The molecule has 3 nitrogen and oxygen atoms in total. The number of thioether (sulfide) groups is 2. The Kier molecular flexibility index (Phi) is 6.76. The average molecular weight is 310 g/mol. The quantitative estimate of drug-likeness (QED) is 0.793. The molecule has 0 radical (unpaired) electrons. The van der Waals surface area contributed by atoms with Crippen molar-refractivity contribution >= 4 is 29.4 Å². The maximum Gasteiger partial charge on any atom is 0.251 e. The summed E-state index contributed by atoms with van der Waals surface area (Å²) < 4.78 is 0.537. The number of likely N-dealkylation sites (N-methyl/N-ethyl adjacent to an activating group) is 1. The number of hydrogen-bond acceptors (Lipinski definition) is 4. The second-order valence-electron chi connectivity index (χ2n) is 4.66. The predicted molar refractivity (Wildman–Crippen MR) is 89.6 cm³/mol. The third-order valence-corrected chi connectivity index (χ3v) is 6.12. The Morgan fingerprint density at radius 1 is 1.20 bits per heavy atom. The van der Waals surface area contributed by atoms with Crippen LogP contribution in [0.25, 0.3) is 0 Å². The van der Waals surface area contributed by atoms with Gasteiger partial charge < -0.3 is 10.6 Å². The minimum atomic E-state index is 0.0124. The minimum Gasteiger partial charge on any atom is -0.351 e. The van der Waals surface area contributed by atoms with Gasteiger partial charge in [0.1, 0.15) is 0 Å². The van der Waals surface area contributed by atoms with Gasteiger partial charge in [0.05, 0.1) is 4.58 Å². The van der Waals surface area contributed by atoms with Crippen LogP contribution < -0.4 is 10.6 Å². The van der Waals surface area contributed by atoms with E-state index in [1.54, 1.807) is 0 Å². The van der Waals surface area contributed by atoms with Crippen LogP contribution in [-0.2, 0) is 0 Å². The van der Waals surface area contributed by atoms with E-state index in [0.29, 0.717) is 11.1 Å². The van der Waals surface area contributed by atoms with Crippen LogP contribution >= 0.6 is 23.5 Å². The van der Waals surface area contributed by atoms with Crippen molar-refractivity contribution in [1.29, 1.82) is 0 Å². The molecule has 0 bridgehead atoms. The molecule has 0 spiro atoms. The third-order valence-electron chi connectivity index (χ3n) is 3.11. The van der Waals surface area contributed by atoms with Crippen molar-refractivity contribution in [1.82, 2.24) is 10.6 Å². The van der Waals surface area contributed by atoms with Crippen molar-refractivity contribution in [2.45, 2.75) is 17.9 Å². The Morgan fingerprint density at radius 2 is 1.90 bits per heavy atom. The molecule has 1 amide bonds. The average Bonchev–Trinajstić information content (AvgIpc) is 2.52. The fraction of sp³-hybridized carbons (Fsp3) is 0.533. The highest BCUT2D eigenvalue weighted by Crippen LogP contribution is 2.43. The van der Waals surface area contributed by atoms with E-state index in [1.807, 2.05) is 35.7 Å². The molecule has 1 aromatic rings. The highest BCUT2D eigenvalue weighted by molar-refractivity contribution is 8.16. The van der Waals surface area contributed by atoms with Crippen molar-refractivity contribution in [3.8, 4) is 0 Å². The molecule has 1 aromatic carbocycles. The fourth-order valence-electron chi connectivity index (χ4n) is 2.02. The van der Waals surface area contributed by atoms with Gasteiger partial charge >= 0.3 is 0 Å². The summed E-state index contributed by atoms with van der Waals surface area (Å²) >= 11 is 4.01. The summed E-state index contributed by atoms with van der Waals surface area (Å²) in [6, 6.07) is 8.06. The summed E-state index contributed by atoms with van der Waals surface area (Å²) in [5.41, 5.74) is 2.07. The van der Waals surface area contributed by atoms with E-state index in [0.717, 1.165) is 18.7 Å².